The number of hydrogen-bond donors (Lipinski definition) is 2. The van der Waals surface area contributed by atoms with E-state index in [9.17, 15) is 9.59 Å². The van der Waals surface area contributed by atoms with Gasteiger partial charge < -0.3 is 16.0 Å². The van der Waals surface area contributed by atoms with E-state index in [1.54, 1.807) is 6.07 Å². The maximum absolute atomic E-state index is 12.9. The van der Waals surface area contributed by atoms with E-state index in [-0.39, 0.29) is 23.1 Å². The van der Waals surface area contributed by atoms with Crippen molar-refractivity contribution in [1.29, 1.82) is 0 Å². The highest BCUT2D eigenvalue weighted by atomic mass is 32.2. The minimum Gasteiger partial charge on any atom is -0.334 e. The van der Waals surface area contributed by atoms with Gasteiger partial charge >= 0.3 is 0 Å². The van der Waals surface area contributed by atoms with Crippen LogP contribution in [0.1, 0.15) is 37.0 Å². The molecule has 0 aliphatic carbocycles. The number of amides is 2. The van der Waals surface area contributed by atoms with Crippen LogP contribution in [0.3, 0.4) is 0 Å². The summed E-state index contributed by atoms with van der Waals surface area (Å²) in [6.07, 6.45) is 1.97. The van der Waals surface area contributed by atoms with Crippen molar-refractivity contribution >= 4 is 29.3 Å². The van der Waals surface area contributed by atoms with Crippen LogP contribution in [-0.2, 0) is 4.79 Å². The number of nitrogens with two attached hydrogens (primary N) is 1. The summed E-state index contributed by atoms with van der Waals surface area (Å²) in [5.41, 5.74) is 7.21. The van der Waals surface area contributed by atoms with E-state index in [1.807, 2.05) is 24.0 Å². The monoisotopic (exact) mass is 333 g/mol. The summed E-state index contributed by atoms with van der Waals surface area (Å²) in [5, 5.41) is 2.78. The Morgan fingerprint density at radius 2 is 2.22 bits per heavy atom. The molecule has 0 aromatic heterocycles. The fourth-order valence-corrected chi connectivity index (χ4v) is 4.18. The van der Waals surface area contributed by atoms with Crippen LogP contribution in [0.5, 0.6) is 0 Å². The van der Waals surface area contributed by atoms with Crippen LogP contribution >= 0.6 is 11.8 Å². The summed E-state index contributed by atoms with van der Waals surface area (Å²) >= 11 is 1.52. The number of benzene rings is 1. The van der Waals surface area contributed by atoms with Gasteiger partial charge in [0.15, 0.2) is 0 Å². The van der Waals surface area contributed by atoms with E-state index >= 15 is 0 Å². The Balaban J connectivity index is 1.83. The summed E-state index contributed by atoms with van der Waals surface area (Å²) < 4.78 is 0. The number of carbonyl (C=O) groups excluding carboxylic acids is 2. The summed E-state index contributed by atoms with van der Waals surface area (Å²) in [5.74, 6) is 0.597. The number of nitrogens with zero attached hydrogens (tertiary/aromatic N) is 1. The molecule has 23 heavy (non-hydrogen) atoms. The molecule has 1 fully saturated rings. The standard InChI is InChI=1S/C17H23N3O2S/c1-10-5-6-20(13(7-10)9-18)17(22)12-3-4-15-14(8-12)19-16(21)11(2)23-15/h3-4,8,10-11,13H,5-7,9,18H2,1-2H3,(H,19,21). The molecule has 1 saturated heterocycles. The largest absolute Gasteiger partial charge is 0.334 e. The number of fused-ring (bicyclic) bond motifs is 1. The Labute approximate surface area is 141 Å². The average molecular weight is 333 g/mol. The first kappa shape index (κ1) is 16.3. The lowest BCUT2D eigenvalue weighted by atomic mass is 9.92. The van der Waals surface area contributed by atoms with Crippen LogP contribution in [0.15, 0.2) is 23.1 Å². The summed E-state index contributed by atoms with van der Waals surface area (Å²) in [7, 11) is 0. The lowest BCUT2D eigenvalue weighted by Gasteiger charge is -2.38. The average Bonchev–Trinajstić information content (AvgIpc) is 2.54. The second kappa shape index (κ2) is 6.53. The van der Waals surface area contributed by atoms with E-state index < -0.39 is 0 Å². The Hall–Kier alpha value is -1.53. The molecule has 0 radical (unpaired) electrons. The van der Waals surface area contributed by atoms with Gasteiger partial charge in [-0.15, -0.1) is 11.8 Å². The van der Waals surface area contributed by atoms with Gasteiger partial charge in [-0.3, -0.25) is 9.59 Å². The molecule has 124 valence electrons. The third-order valence-electron chi connectivity index (χ3n) is 4.67. The second-order valence-electron chi connectivity index (χ2n) is 6.48. The highest BCUT2D eigenvalue weighted by molar-refractivity contribution is 8.00. The first-order valence-electron chi connectivity index (χ1n) is 8.12. The molecule has 1 aromatic carbocycles. The molecule has 3 atom stereocenters. The molecule has 2 amide bonds. The molecular weight excluding hydrogens is 310 g/mol. The number of rotatable bonds is 2. The fraction of sp³-hybridized carbons (Fsp3) is 0.529. The van der Waals surface area contributed by atoms with Gasteiger partial charge in [0.25, 0.3) is 5.91 Å². The molecule has 3 N–H and O–H groups in total. The Morgan fingerprint density at radius 1 is 1.43 bits per heavy atom. The summed E-state index contributed by atoms with van der Waals surface area (Å²) in [4.78, 5) is 27.6. The van der Waals surface area contributed by atoms with E-state index in [2.05, 4.69) is 12.2 Å². The molecule has 2 aliphatic rings. The van der Waals surface area contributed by atoms with E-state index in [0.29, 0.717) is 18.0 Å². The van der Waals surface area contributed by atoms with Crippen molar-refractivity contribution < 1.29 is 9.59 Å². The predicted octanol–water partition coefficient (Wildman–Crippen LogP) is 2.32. The van der Waals surface area contributed by atoms with Crippen molar-refractivity contribution in [1.82, 2.24) is 4.90 Å². The zero-order valence-electron chi connectivity index (χ0n) is 13.5. The van der Waals surface area contributed by atoms with Crippen molar-refractivity contribution in [3.8, 4) is 0 Å². The van der Waals surface area contributed by atoms with Crippen LogP contribution < -0.4 is 11.1 Å². The predicted molar refractivity (Wildman–Crippen MR) is 92.7 cm³/mol. The van der Waals surface area contributed by atoms with Crippen LogP contribution in [-0.4, -0.2) is 41.1 Å². The molecule has 0 spiro atoms. The molecule has 1 aromatic rings. The first-order valence-corrected chi connectivity index (χ1v) is 9.00. The first-order chi connectivity index (χ1) is 11.0. The van der Waals surface area contributed by atoms with Crippen LogP contribution in [0.4, 0.5) is 5.69 Å². The van der Waals surface area contributed by atoms with E-state index in [4.69, 9.17) is 5.73 Å². The Kier molecular flexibility index (Phi) is 4.64. The molecule has 5 nitrogen and oxygen atoms in total. The second-order valence-corrected chi connectivity index (χ2v) is 7.86. The number of hydrogen-bond acceptors (Lipinski definition) is 4. The van der Waals surface area contributed by atoms with Gasteiger partial charge in [-0.25, -0.2) is 0 Å². The number of anilines is 1. The van der Waals surface area contributed by atoms with Gasteiger partial charge in [-0.2, -0.15) is 0 Å². The maximum Gasteiger partial charge on any atom is 0.254 e. The Bertz CT molecular complexity index is 634. The summed E-state index contributed by atoms with van der Waals surface area (Å²) in [6.45, 7) is 5.32. The van der Waals surface area contributed by atoms with Gasteiger partial charge in [-0.05, 0) is 43.9 Å². The summed E-state index contributed by atoms with van der Waals surface area (Å²) in [6, 6.07) is 5.67. The topological polar surface area (TPSA) is 75.4 Å². The van der Waals surface area contributed by atoms with Gasteiger partial charge in [0.2, 0.25) is 5.91 Å². The van der Waals surface area contributed by atoms with Gasteiger partial charge in [0.05, 0.1) is 10.9 Å². The maximum atomic E-state index is 12.9. The minimum absolute atomic E-state index is 0.00743. The Morgan fingerprint density at radius 3 is 2.96 bits per heavy atom. The van der Waals surface area contributed by atoms with Gasteiger partial charge in [0.1, 0.15) is 0 Å². The molecular formula is C17H23N3O2S. The molecule has 3 unspecified atom stereocenters. The van der Waals surface area contributed by atoms with Crippen molar-refractivity contribution in [3.05, 3.63) is 23.8 Å². The van der Waals surface area contributed by atoms with Crippen LogP contribution in [0.2, 0.25) is 0 Å². The quantitative estimate of drug-likeness (QED) is 0.871. The third-order valence-corrected chi connectivity index (χ3v) is 5.85. The number of nitrogens with one attached hydrogen (secondary N) is 1. The van der Waals surface area contributed by atoms with Crippen LogP contribution in [0.25, 0.3) is 0 Å². The molecule has 3 rings (SSSR count). The van der Waals surface area contributed by atoms with E-state index in [0.717, 1.165) is 30.0 Å². The molecule has 0 bridgehead atoms. The van der Waals surface area contributed by atoms with Gasteiger partial charge in [0, 0.05) is 29.6 Å². The van der Waals surface area contributed by atoms with Crippen molar-refractivity contribution in [2.24, 2.45) is 11.7 Å². The van der Waals surface area contributed by atoms with Crippen molar-refractivity contribution in [2.75, 3.05) is 18.4 Å². The molecule has 6 heteroatoms. The smallest absolute Gasteiger partial charge is 0.254 e. The molecule has 2 aliphatic heterocycles. The fourth-order valence-electron chi connectivity index (χ4n) is 3.25. The normalized spacial score (nSPS) is 27.3. The van der Waals surface area contributed by atoms with Crippen molar-refractivity contribution in [2.45, 2.75) is 42.9 Å². The highest BCUT2D eigenvalue weighted by Gasteiger charge is 2.30. The van der Waals surface area contributed by atoms with Crippen molar-refractivity contribution in [3.63, 3.8) is 0 Å². The highest BCUT2D eigenvalue weighted by Crippen LogP contribution is 2.36. The molecule has 2 heterocycles. The lowest BCUT2D eigenvalue weighted by molar-refractivity contribution is -0.115. The van der Waals surface area contributed by atoms with Crippen LogP contribution in [0, 0.1) is 5.92 Å². The number of piperidine rings is 1. The van der Waals surface area contributed by atoms with Gasteiger partial charge in [-0.1, -0.05) is 6.92 Å². The SMILES string of the molecule is CC1CCN(C(=O)c2ccc3c(c2)NC(=O)C(C)S3)C(CN)C1. The zero-order valence-corrected chi connectivity index (χ0v) is 14.4. The van der Waals surface area contributed by atoms with E-state index in [1.165, 1.54) is 11.8 Å². The number of carbonyl (C=O) groups is 2. The molecule has 0 saturated carbocycles. The minimum atomic E-state index is -0.103. The third kappa shape index (κ3) is 3.23. The zero-order chi connectivity index (χ0) is 16.6. The lowest BCUT2D eigenvalue weighted by Crippen LogP contribution is -2.49. The number of likely N-dealkylation sites (tertiary alicyclic amines) is 1. The number of thioether (sulfide) groups is 1.